The maximum atomic E-state index is 12.0. The van der Waals surface area contributed by atoms with Crippen molar-refractivity contribution in [2.75, 3.05) is 31.5 Å². The number of rotatable bonds is 8. The average Bonchev–Trinajstić information content (AvgIpc) is 2.73. The van der Waals surface area contributed by atoms with E-state index in [1.807, 2.05) is 12.1 Å². The molecule has 1 aliphatic heterocycles. The lowest BCUT2D eigenvalue weighted by atomic mass is 9.90. The van der Waals surface area contributed by atoms with Crippen LogP contribution in [-0.2, 0) is 13.0 Å². The van der Waals surface area contributed by atoms with E-state index >= 15 is 0 Å². The van der Waals surface area contributed by atoms with Crippen LogP contribution in [0.4, 0.5) is 10.5 Å². The van der Waals surface area contributed by atoms with E-state index in [9.17, 15) is 9.90 Å². The molecule has 3 rings (SSSR count). The summed E-state index contributed by atoms with van der Waals surface area (Å²) in [5, 5.41) is 15.0. The van der Waals surface area contributed by atoms with Gasteiger partial charge in [-0.1, -0.05) is 48.5 Å². The molecule has 150 valence electrons. The number of nitrogens with zero attached hydrogens (tertiary/aromatic N) is 1. The molecule has 2 aromatic carbocycles. The highest BCUT2D eigenvalue weighted by molar-refractivity contribution is 5.90. The fourth-order valence-electron chi connectivity index (χ4n) is 3.81. The van der Waals surface area contributed by atoms with Crippen LogP contribution in [0.25, 0.3) is 0 Å². The van der Waals surface area contributed by atoms with Crippen LogP contribution in [0.2, 0.25) is 0 Å². The van der Waals surface area contributed by atoms with Crippen molar-refractivity contribution in [1.82, 2.24) is 10.2 Å². The third-order valence-electron chi connectivity index (χ3n) is 5.45. The molecule has 1 saturated heterocycles. The molecule has 28 heavy (non-hydrogen) atoms. The summed E-state index contributed by atoms with van der Waals surface area (Å²) in [6.45, 7) is 3.88. The number of anilines is 1. The van der Waals surface area contributed by atoms with Crippen molar-refractivity contribution < 1.29 is 9.90 Å². The predicted molar refractivity (Wildman–Crippen MR) is 113 cm³/mol. The predicted octanol–water partition coefficient (Wildman–Crippen LogP) is 3.65. The van der Waals surface area contributed by atoms with Crippen LogP contribution in [0.15, 0.2) is 54.6 Å². The Morgan fingerprint density at radius 3 is 2.50 bits per heavy atom. The summed E-state index contributed by atoms with van der Waals surface area (Å²) in [5.41, 5.74) is 2.82. The standard InChI is InChI=1S/C23H31N3O2/c27-18-21-9-4-5-10-22(21)25-23(28)24-13-6-14-26-15-11-20(12-16-26)17-19-7-2-1-3-8-19/h1-5,7-10,20,27H,6,11-18H2,(H2,24,25,28). The highest BCUT2D eigenvalue weighted by atomic mass is 16.3. The first-order chi connectivity index (χ1) is 13.7. The van der Waals surface area contributed by atoms with Crippen LogP contribution in [0.3, 0.4) is 0 Å². The Kier molecular flexibility index (Phi) is 7.88. The second-order valence-corrected chi connectivity index (χ2v) is 7.52. The molecule has 0 atom stereocenters. The highest BCUT2D eigenvalue weighted by Gasteiger charge is 2.19. The molecular formula is C23H31N3O2. The normalized spacial score (nSPS) is 15.3. The number of piperidine rings is 1. The monoisotopic (exact) mass is 381 g/mol. The lowest BCUT2D eigenvalue weighted by molar-refractivity contribution is 0.182. The zero-order valence-electron chi connectivity index (χ0n) is 16.4. The average molecular weight is 382 g/mol. The molecule has 0 aliphatic carbocycles. The summed E-state index contributed by atoms with van der Waals surface area (Å²) in [6, 6.07) is 17.8. The third kappa shape index (κ3) is 6.36. The number of hydrogen-bond donors (Lipinski definition) is 3. The minimum Gasteiger partial charge on any atom is -0.392 e. The third-order valence-corrected chi connectivity index (χ3v) is 5.45. The number of carbonyl (C=O) groups is 1. The fraction of sp³-hybridized carbons (Fsp3) is 0.435. The van der Waals surface area contributed by atoms with Crippen molar-refractivity contribution in [1.29, 1.82) is 0 Å². The number of urea groups is 1. The number of para-hydroxylation sites is 1. The highest BCUT2D eigenvalue weighted by Crippen LogP contribution is 2.21. The summed E-state index contributed by atoms with van der Waals surface area (Å²) in [6.07, 6.45) is 4.63. The van der Waals surface area contributed by atoms with Gasteiger partial charge in [0.25, 0.3) is 0 Å². The van der Waals surface area contributed by atoms with Crippen LogP contribution >= 0.6 is 0 Å². The van der Waals surface area contributed by atoms with Gasteiger partial charge in [0.2, 0.25) is 0 Å². The van der Waals surface area contributed by atoms with Crippen molar-refractivity contribution in [2.45, 2.75) is 32.3 Å². The minimum absolute atomic E-state index is 0.0866. The van der Waals surface area contributed by atoms with Crippen LogP contribution in [0.1, 0.15) is 30.4 Å². The van der Waals surface area contributed by atoms with Gasteiger partial charge < -0.3 is 20.6 Å². The van der Waals surface area contributed by atoms with Gasteiger partial charge in [-0.3, -0.25) is 0 Å². The Morgan fingerprint density at radius 1 is 1.04 bits per heavy atom. The maximum Gasteiger partial charge on any atom is 0.319 e. The van der Waals surface area contributed by atoms with Gasteiger partial charge in [-0.15, -0.1) is 0 Å². The van der Waals surface area contributed by atoms with Crippen molar-refractivity contribution in [2.24, 2.45) is 5.92 Å². The molecule has 0 spiro atoms. The fourth-order valence-corrected chi connectivity index (χ4v) is 3.81. The first-order valence-electron chi connectivity index (χ1n) is 10.2. The van der Waals surface area contributed by atoms with E-state index < -0.39 is 0 Å². The van der Waals surface area contributed by atoms with Gasteiger partial charge in [0, 0.05) is 17.8 Å². The number of amides is 2. The lowest BCUT2D eigenvalue weighted by Gasteiger charge is -2.32. The Bertz CT molecular complexity index is 728. The van der Waals surface area contributed by atoms with Crippen molar-refractivity contribution in [3.05, 3.63) is 65.7 Å². The SMILES string of the molecule is O=C(NCCCN1CCC(Cc2ccccc2)CC1)Nc1ccccc1CO. The molecule has 0 bridgehead atoms. The first-order valence-corrected chi connectivity index (χ1v) is 10.2. The Balaban J connectivity index is 1.29. The number of aliphatic hydroxyl groups is 1. The van der Waals surface area contributed by atoms with Crippen LogP contribution in [0.5, 0.6) is 0 Å². The van der Waals surface area contributed by atoms with Crippen LogP contribution in [-0.4, -0.2) is 42.2 Å². The largest absolute Gasteiger partial charge is 0.392 e. The molecule has 0 aromatic heterocycles. The number of nitrogens with one attached hydrogen (secondary N) is 2. The first kappa shape index (κ1) is 20.4. The van der Waals surface area contributed by atoms with Crippen LogP contribution in [0, 0.1) is 5.92 Å². The number of benzene rings is 2. The molecule has 3 N–H and O–H groups in total. The molecule has 2 aromatic rings. The molecule has 0 saturated carbocycles. The van der Waals surface area contributed by atoms with E-state index in [0.29, 0.717) is 12.2 Å². The summed E-state index contributed by atoms with van der Waals surface area (Å²) in [5.74, 6) is 0.786. The van der Waals surface area contributed by atoms with E-state index in [-0.39, 0.29) is 12.6 Å². The topological polar surface area (TPSA) is 64.6 Å². The molecular weight excluding hydrogens is 350 g/mol. The maximum absolute atomic E-state index is 12.0. The summed E-state index contributed by atoms with van der Waals surface area (Å²) < 4.78 is 0. The number of hydrogen-bond acceptors (Lipinski definition) is 3. The van der Waals surface area contributed by atoms with Crippen molar-refractivity contribution >= 4 is 11.7 Å². The van der Waals surface area contributed by atoms with Crippen LogP contribution < -0.4 is 10.6 Å². The smallest absolute Gasteiger partial charge is 0.319 e. The molecule has 1 fully saturated rings. The lowest BCUT2D eigenvalue weighted by Crippen LogP contribution is -2.37. The van der Waals surface area contributed by atoms with Gasteiger partial charge in [-0.2, -0.15) is 0 Å². The molecule has 0 radical (unpaired) electrons. The number of aliphatic hydroxyl groups excluding tert-OH is 1. The Morgan fingerprint density at radius 2 is 1.75 bits per heavy atom. The van der Waals surface area contributed by atoms with Crippen molar-refractivity contribution in [3.8, 4) is 0 Å². The summed E-state index contributed by atoms with van der Waals surface area (Å²) in [4.78, 5) is 14.5. The number of carbonyl (C=O) groups excluding carboxylic acids is 1. The second kappa shape index (κ2) is 10.8. The summed E-state index contributed by atoms with van der Waals surface area (Å²) in [7, 11) is 0. The quantitative estimate of drug-likeness (QED) is 0.612. The van der Waals surface area contributed by atoms with E-state index in [1.54, 1.807) is 12.1 Å². The zero-order chi connectivity index (χ0) is 19.6. The van der Waals surface area contributed by atoms with Gasteiger partial charge in [0.15, 0.2) is 0 Å². The van der Waals surface area contributed by atoms with Gasteiger partial charge in [-0.25, -0.2) is 4.79 Å². The molecule has 5 heteroatoms. The summed E-state index contributed by atoms with van der Waals surface area (Å²) >= 11 is 0. The van der Waals surface area contributed by atoms with E-state index in [1.165, 1.54) is 24.8 Å². The van der Waals surface area contributed by atoms with Crippen molar-refractivity contribution in [3.63, 3.8) is 0 Å². The van der Waals surface area contributed by atoms with E-state index in [0.717, 1.165) is 37.5 Å². The molecule has 1 heterocycles. The molecule has 5 nitrogen and oxygen atoms in total. The van der Waals surface area contributed by atoms with E-state index in [2.05, 4.69) is 45.9 Å². The Hall–Kier alpha value is -2.37. The molecule has 0 unspecified atom stereocenters. The van der Waals surface area contributed by atoms with Gasteiger partial charge in [-0.05, 0) is 62.9 Å². The Labute approximate surface area is 167 Å². The number of likely N-dealkylation sites (tertiary alicyclic amines) is 1. The zero-order valence-corrected chi connectivity index (χ0v) is 16.4. The van der Waals surface area contributed by atoms with Gasteiger partial charge >= 0.3 is 6.03 Å². The van der Waals surface area contributed by atoms with E-state index in [4.69, 9.17) is 0 Å². The molecule has 2 amide bonds. The van der Waals surface area contributed by atoms with Gasteiger partial charge in [0.05, 0.1) is 6.61 Å². The van der Waals surface area contributed by atoms with Gasteiger partial charge in [0.1, 0.15) is 0 Å². The minimum atomic E-state index is -0.220. The molecule has 1 aliphatic rings. The second-order valence-electron chi connectivity index (χ2n) is 7.52.